The molecule has 0 radical (unpaired) electrons. The summed E-state index contributed by atoms with van der Waals surface area (Å²) in [5.41, 5.74) is 1.83. The van der Waals surface area contributed by atoms with Gasteiger partial charge in [0.25, 0.3) is 5.91 Å². The van der Waals surface area contributed by atoms with Gasteiger partial charge in [-0.1, -0.05) is 12.8 Å². The Balaban J connectivity index is 1.80. The number of carbonyl (C=O) groups is 2. The molecule has 6 heteroatoms. The molecule has 5 nitrogen and oxygen atoms in total. The Hall–Kier alpha value is -1.40. The van der Waals surface area contributed by atoms with Gasteiger partial charge in [-0.2, -0.15) is 0 Å². The Morgan fingerprint density at radius 3 is 2.67 bits per heavy atom. The molecule has 2 aliphatic rings. The van der Waals surface area contributed by atoms with Crippen LogP contribution in [0.2, 0.25) is 0 Å². The van der Waals surface area contributed by atoms with Crippen LogP contribution in [0.25, 0.3) is 0 Å². The minimum atomic E-state index is -0.0897. The summed E-state index contributed by atoms with van der Waals surface area (Å²) in [6.45, 7) is 0.970. The van der Waals surface area contributed by atoms with Crippen LogP contribution in [0.5, 0.6) is 0 Å². The van der Waals surface area contributed by atoms with Crippen molar-refractivity contribution in [2.75, 3.05) is 25.6 Å². The lowest BCUT2D eigenvalue weighted by molar-refractivity contribution is -0.119. The Bertz CT molecular complexity index is 606. The molecule has 0 bridgehead atoms. The van der Waals surface area contributed by atoms with Crippen molar-refractivity contribution in [2.45, 2.75) is 51.4 Å². The molecule has 1 aromatic heterocycles. The number of methoxy groups -OCH3 is 1. The molecule has 2 aliphatic carbocycles. The number of fused-ring (bicyclic) bond motifs is 1. The number of carbonyl (C=O) groups excluding carboxylic acids is 2. The molecule has 3 rings (SSSR count). The van der Waals surface area contributed by atoms with Crippen molar-refractivity contribution < 1.29 is 14.3 Å². The topological polar surface area (TPSA) is 67.4 Å². The molecule has 0 aliphatic heterocycles. The summed E-state index contributed by atoms with van der Waals surface area (Å²) in [5, 5.41) is 6.72. The van der Waals surface area contributed by atoms with E-state index >= 15 is 0 Å². The second kappa shape index (κ2) is 8.12. The number of thiophene rings is 1. The second-order valence-corrected chi connectivity index (χ2v) is 7.74. The average molecular weight is 350 g/mol. The maximum Gasteiger partial charge on any atom is 0.254 e. The molecule has 132 valence electrons. The fourth-order valence-corrected chi connectivity index (χ4v) is 4.94. The highest BCUT2D eigenvalue weighted by atomic mass is 32.1. The zero-order valence-corrected chi connectivity index (χ0v) is 15.1. The maximum absolute atomic E-state index is 12.7. The van der Waals surface area contributed by atoms with Crippen LogP contribution >= 0.6 is 11.3 Å². The minimum absolute atomic E-state index is 0.0806. The van der Waals surface area contributed by atoms with Crippen molar-refractivity contribution in [3.05, 3.63) is 16.0 Å². The first-order chi connectivity index (χ1) is 11.7. The van der Waals surface area contributed by atoms with E-state index in [0.29, 0.717) is 18.7 Å². The number of hydrogen-bond acceptors (Lipinski definition) is 4. The van der Waals surface area contributed by atoms with Crippen molar-refractivity contribution >= 4 is 28.2 Å². The molecule has 1 heterocycles. The fourth-order valence-electron chi connectivity index (χ4n) is 3.65. The monoisotopic (exact) mass is 350 g/mol. The maximum atomic E-state index is 12.7. The quantitative estimate of drug-likeness (QED) is 0.775. The summed E-state index contributed by atoms with van der Waals surface area (Å²) in [4.78, 5) is 26.4. The molecule has 1 aromatic rings. The lowest BCUT2D eigenvalue weighted by atomic mass is 9.95. The highest BCUT2D eigenvalue weighted by molar-refractivity contribution is 7.17. The highest BCUT2D eigenvalue weighted by Crippen LogP contribution is 2.39. The lowest BCUT2D eigenvalue weighted by Crippen LogP contribution is -2.29. The van der Waals surface area contributed by atoms with Gasteiger partial charge < -0.3 is 15.4 Å². The third-order valence-electron chi connectivity index (χ3n) is 4.95. The van der Waals surface area contributed by atoms with Crippen LogP contribution in [0.4, 0.5) is 5.00 Å². The first-order valence-electron chi connectivity index (χ1n) is 8.93. The predicted molar refractivity (Wildman–Crippen MR) is 95.8 cm³/mol. The van der Waals surface area contributed by atoms with Crippen LogP contribution in [-0.4, -0.2) is 32.1 Å². The largest absolute Gasteiger partial charge is 0.383 e. The van der Waals surface area contributed by atoms with Gasteiger partial charge in [-0.3, -0.25) is 9.59 Å². The van der Waals surface area contributed by atoms with Crippen molar-refractivity contribution in [2.24, 2.45) is 5.92 Å². The second-order valence-electron chi connectivity index (χ2n) is 6.63. The zero-order valence-electron chi connectivity index (χ0n) is 14.3. The number of amides is 2. The summed E-state index contributed by atoms with van der Waals surface area (Å²) < 4.78 is 5.00. The Morgan fingerprint density at radius 1 is 1.17 bits per heavy atom. The molecule has 24 heavy (non-hydrogen) atoms. The third-order valence-corrected chi connectivity index (χ3v) is 6.16. The average Bonchev–Trinajstić information content (AvgIpc) is 3.22. The highest BCUT2D eigenvalue weighted by Gasteiger charge is 2.29. The molecule has 2 N–H and O–H groups in total. The van der Waals surface area contributed by atoms with Crippen LogP contribution in [0.3, 0.4) is 0 Å². The summed E-state index contributed by atoms with van der Waals surface area (Å²) in [6.07, 6.45) is 8.40. The minimum Gasteiger partial charge on any atom is -0.383 e. The van der Waals surface area contributed by atoms with Gasteiger partial charge in [-0.25, -0.2) is 0 Å². The van der Waals surface area contributed by atoms with E-state index in [1.807, 2.05) is 0 Å². The summed E-state index contributed by atoms with van der Waals surface area (Å²) in [5.74, 6) is 0.0961. The van der Waals surface area contributed by atoms with Gasteiger partial charge in [0.05, 0.1) is 12.2 Å². The SMILES string of the molecule is COCCNC(=O)c1c(NC(=O)C2CCCC2)sc2c1CCCC2. The van der Waals surface area contributed by atoms with E-state index in [0.717, 1.165) is 61.9 Å². The van der Waals surface area contributed by atoms with E-state index < -0.39 is 0 Å². The normalized spacial score (nSPS) is 17.5. The van der Waals surface area contributed by atoms with Crippen LogP contribution in [0.15, 0.2) is 0 Å². The lowest BCUT2D eigenvalue weighted by Gasteiger charge is -2.14. The van der Waals surface area contributed by atoms with E-state index in [9.17, 15) is 9.59 Å². The first kappa shape index (κ1) is 17.4. The summed E-state index contributed by atoms with van der Waals surface area (Å²) in [6, 6.07) is 0. The Morgan fingerprint density at radius 2 is 1.92 bits per heavy atom. The molecule has 1 saturated carbocycles. The van der Waals surface area contributed by atoms with Gasteiger partial charge in [0.1, 0.15) is 5.00 Å². The third kappa shape index (κ3) is 3.81. The zero-order chi connectivity index (χ0) is 16.9. The molecule has 0 aromatic carbocycles. The van der Waals surface area contributed by atoms with E-state index in [-0.39, 0.29) is 17.7 Å². The van der Waals surface area contributed by atoms with Crippen molar-refractivity contribution in [1.29, 1.82) is 0 Å². The number of hydrogen-bond donors (Lipinski definition) is 2. The van der Waals surface area contributed by atoms with Gasteiger partial charge in [0.15, 0.2) is 0 Å². The summed E-state index contributed by atoms with van der Waals surface area (Å²) >= 11 is 1.59. The fraction of sp³-hybridized carbons (Fsp3) is 0.667. The Labute approximate surface area is 147 Å². The molecule has 0 saturated heterocycles. The smallest absolute Gasteiger partial charge is 0.254 e. The number of aryl methyl sites for hydroxylation is 1. The van der Waals surface area contributed by atoms with E-state index in [1.165, 1.54) is 4.88 Å². The van der Waals surface area contributed by atoms with E-state index in [1.54, 1.807) is 18.4 Å². The van der Waals surface area contributed by atoms with E-state index in [2.05, 4.69) is 10.6 Å². The molecule has 2 amide bonds. The van der Waals surface area contributed by atoms with Crippen LogP contribution in [0, 0.1) is 5.92 Å². The van der Waals surface area contributed by atoms with Crippen LogP contribution in [0.1, 0.15) is 59.3 Å². The first-order valence-corrected chi connectivity index (χ1v) is 9.75. The summed E-state index contributed by atoms with van der Waals surface area (Å²) in [7, 11) is 1.62. The van der Waals surface area contributed by atoms with Crippen molar-refractivity contribution in [3.8, 4) is 0 Å². The van der Waals surface area contributed by atoms with Gasteiger partial charge in [-0.05, 0) is 44.1 Å². The van der Waals surface area contributed by atoms with Gasteiger partial charge >= 0.3 is 0 Å². The van der Waals surface area contributed by atoms with Crippen molar-refractivity contribution in [1.82, 2.24) is 5.32 Å². The molecule has 1 fully saturated rings. The predicted octanol–water partition coefficient (Wildman–Crippen LogP) is 3.13. The number of nitrogens with one attached hydrogen (secondary N) is 2. The number of anilines is 1. The standard InChI is InChI=1S/C18H26N2O3S/c1-23-11-10-19-17(22)15-13-8-4-5-9-14(13)24-18(15)20-16(21)12-6-2-3-7-12/h12H,2-11H2,1H3,(H,19,22)(H,20,21). The van der Waals surface area contributed by atoms with Gasteiger partial charge in [0.2, 0.25) is 5.91 Å². The van der Waals surface area contributed by atoms with E-state index in [4.69, 9.17) is 4.74 Å². The van der Waals surface area contributed by atoms with Crippen molar-refractivity contribution in [3.63, 3.8) is 0 Å². The van der Waals surface area contributed by atoms with Gasteiger partial charge in [-0.15, -0.1) is 11.3 Å². The molecular formula is C18H26N2O3S. The van der Waals surface area contributed by atoms with Crippen LogP contribution < -0.4 is 10.6 Å². The number of rotatable bonds is 6. The molecule has 0 spiro atoms. The number of ether oxygens (including phenoxy) is 1. The van der Waals surface area contributed by atoms with Crippen LogP contribution in [-0.2, 0) is 22.4 Å². The molecule has 0 atom stereocenters. The van der Waals surface area contributed by atoms with Gasteiger partial charge in [0, 0.05) is 24.4 Å². The molecule has 0 unspecified atom stereocenters. The molecular weight excluding hydrogens is 324 g/mol. The Kier molecular flexibility index (Phi) is 5.89.